The van der Waals surface area contributed by atoms with E-state index in [2.05, 4.69) is 10.6 Å². The Morgan fingerprint density at radius 2 is 1.59 bits per heavy atom. The van der Waals surface area contributed by atoms with Crippen LogP contribution in [0.4, 0.5) is 5.69 Å². The van der Waals surface area contributed by atoms with E-state index in [1.165, 1.54) is 19.1 Å². The van der Waals surface area contributed by atoms with Crippen molar-refractivity contribution in [3.8, 4) is 5.75 Å². The molecule has 3 N–H and O–H groups in total. The summed E-state index contributed by atoms with van der Waals surface area (Å²) in [6, 6.07) is 22.0. The van der Waals surface area contributed by atoms with E-state index >= 15 is 0 Å². The normalized spacial score (nSPS) is 11.3. The Morgan fingerprint density at radius 3 is 2.25 bits per heavy atom. The lowest BCUT2D eigenvalue weighted by Crippen LogP contribution is -2.42. The molecule has 0 heterocycles. The summed E-state index contributed by atoms with van der Waals surface area (Å²) in [6.45, 7) is 1.79. The fraction of sp³-hybridized carbons (Fsp3) is 0.160. The minimum absolute atomic E-state index is 0.105. The second-order valence-electron chi connectivity index (χ2n) is 7.25. The molecular weight excluding hydrogens is 408 g/mol. The van der Waals surface area contributed by atoms with Crippen LogP contribution in [0.1, 0.15) is 28.4 Å². The molecule has 0 aliphatic heterocycles. The zero-order valence-corrected chi connectivity index (χ0v) is 17.6. The minimum Gasteiger partial charge on any atom is -0.489 e. The molecule has 0 fully saturated rings. The third-order valence-electron chi connectivity index (χ3n) is 4.66. The highest BCUT2D eigenvalue weighted by Gasteiger charge is 2.21. The maximum absolute atomic E-state index is 12.5. The van der Waals surface area contributed by atoms with Crippen molar-refractivity contribution in [1.29, 1.82) is 0 Å². The van der Waals surface area contributed by atoms with Crippen LogP contribution >= 0.6 is 0 Å². The van der Waals surface area contributed by atoms with Gasteiger partial charge in [-0.15, -0.1) is 0 Å². The molecule has 0 saturated carbocycles. The average molecular weight is 432 g/mol. The predicted octanol–water partition coefficient (Wildman–Crippen LogP) is 3.65. The van der Waals surface area contributed by atoms with Gasteiger partial charge in [0, 0.05) is 24.6 Å². The van der Waals surface area contributed by atoms with Gasteiger partial charge in [0.05, 0.1) is 0 Å². The predicted molar refractivity (Wildman–Crippen MR) is 121 cm³/mol. The topological polar surface area (TPSA) is 105 Å². The molecule has 3 aromatic carbocycles. The molecule has 0 aromatic heterocycles. The number of amides is 2. The number of hydrogen-bond acceptors (Lipinski definition) is 4. The number of rotatable bonds is 9. The second kappa shape index (κ2) is 10.8. The van der Waals surface area contributed by atoms with Crippen molar-refractivity contribution in [2.45, 2.75) is 26.0 Å². The highest BCUT2D eigenvalue weighted by atomic mass is 16.5. The molecule has 0 aliphatic carbocycles. The Morgan fingerprint density at radius 1 is 0.906 bits per heavy atom. The molecule has 7 nitrogen and oxygen atoms in total. The van der Waals surface area contributed by atoms with Gasteiger partial charge in [0.25, 0.3) is 5.91 Å². The Bertz CT molecular complexity index is 1080. The number of carbonyl (C=O) groups excluding carboxylic acids is 2. The number of benzene rings is 3. The third-order valence-corrected chi connectivity index (χ3v) is 4.66. The van der Waals surface area contributed by atoms with E-state index in [4.69, 9.17) is 4.74 Å². The number of aliphatic carboxylic acids is 1. The second-order valence-corrected chi connectivity index (χ2v) is 7.25. The molecule has 0 spiro atoms. The highest BCUT2D eigenvalue weighted by molar-refractivity contribution is 5.97. The van der Waals surface area contributed by atoms with Crippen LogP contribution in [0.2, 0.25) is 0 Å². The Labute approximate surface area is 186 Å². The van der Waals surface area contributed by atoms with Crippen molar-refractivity contribution in [2.24, 2.45) is 0 Å². The van der Waals surface area contributed by atoms with Crippen molar-refractivity contribution in [3.05, 3.63) is 95.6 Å². The van der Waals surface area contributed by atoms with E-state index in [0.29, 0.717) is 23.6 Å². The van der Waals surface area contributed by atoms with Gasteiger partial charge in [0.2, 0.25) is 5.91 Å². The zero-order chi connectivity index (χ0) is 22.9. The van der Waals surface area contributed by atoms with Crippen molar-refractivity contribution in [1.82, 2.24) is 5.32 Å². The Hall–Kier alpha value is -4.13. The summed E-state index contributed by atoms with van der Waals surface area (Å²) in [5, 5.41) is 14.8. The van der Waals surface area contributed by atoms with Gasteiger partial charge >= 0.3 is 5.97 Å². The van der Waals surface area contributed by atoms with E-state index in [1.54, 1.807) is 36.4 Å². The van der Waals surface area contributed by atoms with Gasteiger partial charge in [0.1, 0.15) is 18.4 Å². The number of anilines is 1. The minimum atomic E-state index is -1.14. The van der Waals surface area contributed by atoms with Crippen molar-refractivity contribution in [2.75, 3.05) is 5.32 Å². The van der Waals surface area contributed by atoms with Gasteiger partial charge in [-0.1, -0.05) is 42.5 Å². The summed E-state index contributed by atoms with van der Waals surface area (Å²) in [4.78, 5) is 35.4. The first kappa shape index (κ1) is 22.6. The number of hydrogen-bond donors (Lipinski definition) is 3. The molecular formula is C25H24N2O5. The molecule has 1 atom stereocenters. The van der Waals surface area contributed by atoms with Crippen LogP contribution in [0.3, 0.4) is 0 Å². The Balaban J connectivity index is 1.63. The van der Waals surface area contributed by atoms with Crippen LogP contribution in [0, 0.1) is 0 Å². The average Bonchev–Trinajstić information content (AvgIpc) is 2.78. The molecule has 3 rings (SSSR count). The first-order valence-electron chi connectivity index (χ1n) is 10.1. The fourth-order valence-electron chi connectivity index (χ4n) is 3.09. The van der Waals surface area contributed by atoms with Gasteiger partial charge in [-0.05, 0) is 47.5 Å². The molecule has 0 unspecified atom stereocenters. The molecule has 2 amide bonds. The van der Waals surface area contributed by atoms with Gasteiger partial charge in [-0.3, -0.25) is 9.59 Å². The number of carboxylic acid groups (broad SMARTS) is 1. The first-order chi connectivity index (χ1) is 15.4. The summed E-state index contributed by atoms with van der Waals surface area (Å²) in [5.41, 5.74) is 2.60. The number of carbonyl (C=O) groups is 3. The summed E-state index contributed by atoms with van der Waals surface area (Å²) in [6.07, 6.45) is 0.105. The molecule has 0 aliphatic rings. The Kier molecular flexibility index (Phi) is 7.59. The monoisotopic (exact) mass is 432 g/mol. The lowest BCUT2D eigenvalue weighted by molar-refractivity contribution is -0.139. The zero-order valence-electron chi connectivity index (χ0n) is 17.6. The van der Waals surface area contributed by atoms with E-state index in [1.807, 2.05) is 30.3 Å². The molecule has 0 bridgehead atoms. The van der Waals surface area contributed by atoms with Crippen LogP contribution in [-0.2, 0) is 22.6 Å². The van der Waals surface area contributed by atoms with Crippen molar-refractivity contribution < 1.29 is 24.2 Å². The fourth-order valence-corrected chi connectivity index (χ4v) is 3.09. The van der Waals surface area contributed by atoms with E-state index in [-0.39, 0.29) is 12.3 Å². The maximum Gasteiger partial charge on any atom is 0.326 e. The first-order valence-corrected chi connectivity index (χ1v) is 10.1. The largest absolute Gasteiger partial charge is 0.489 e. The summed E-state index contributed by atoms with van der Waals surface area (Å²) in [7, 11) is 0. The van der Waals surface area contributed by atoms with E-state index in [9.17, 15) is 19.5 Å². The van der Waals surface area contributed by atoms with Crippen molar-refractivity contribution in [3.63, 3.8) is 0 Å². The number of ether oxygens (including phenoxy) is 1. The molecule has 32 heavy (non-hydrogen) atoms. The molecule has 3 aromatic rings. The van der Waals surface area contributed by atoms with Crippen LogP contribution in [0.5, 0.6) is 5.75 Å². The summed E-state index contributed by atoms with van der Waals surface area (Å²) in [5.74, 6) is -1.24. The van der Waals surface area contributed by atoms with Crippen LogP contribution in [0.25, 0.3) is 0 Å². The number of carboxylic acids is 1. The summed E-state index contributed by atoms with van der Waals surface area (Å²) >= 11 is 0. The number of nitrogens with one attached hydrogen (secondary N) is 2. The third kappa shape index (κ3) is 6.70. The van der Waals surface area contributed by atoms with E-state index < -0.39 is 17.9 Å². The quantitative estimate of drug-likeness (QED) is 0.479. The molecule has 0 radical (unpaired) electrons. The van der Waals surface area contributed by atoms with Crippen LogP contribution in [0.15, 0.2) is 78.9 Å². The van der Waals surface area contributed by atoms with Gasteiger partial charge in [-0.2, -0.15) is 0 Å². The summed E-state index contributed by atoms with van der Waals surface area (Å²) < 4.78 is 5.80. The van der Waals surface area contributed by atoms with E-state index in [0.717, 1.165) is 11.1 Å². The maximum atomic E-state index is 12.5. The molecule has 7 heteroatoms. The van der Waals surface area contributed by atoms with Crippen molar-refractivity contribution >= 4 is 23.5 Å². The van der Waals surface area contributed by atoms with Gasteiger partial charge < -0.3 is 20.5 Å². The standard InChI is InChI=1S/C25H24N2O5/c1-17(28)26-21-12-10-20(11-13-21)24(29)27-23(25(30)31)15-19-8-5-9-22(14-19)32-16-18-6-3-2-4-7-18/h2-14,23H,15-16H2,1H3,(H,26,28)(H,27,29)(H,30,31)/t23-/m0/s1. The molecule has 164 valence electrons. The lowest BCUT2D eigenvalue weighted by Gasteiger charge is -2.16. The lowest BCUT2D eigenvalue weighted by atomic mass is 10.0. The van der Waals surface area contributed by atoms with Gasteiger partial charge in [-0.25, -0.2) is 4.79 Å². The van der Waals surface area contributed by atoms with Crippen LogP contribution in [-0.4, -0.2) is 28.9 Å². The smallest absolute Gasteiger partial charge is 0.326 e. The molecule has 0 saturated heterocycles. The van der Waals surface area contributed by atoms with Crippen LogP contribution < -0.4 is 15.4 Å². The van der Waals surface area contributed by atoms with Gasteiger partial charge in [0.15, 0.2) is 0 Å². The highest BCUT2D eigenvalue weighted by Crippen LogP contribution is 2.17. The SMILES string of the molecule is CC(=O)Nc1ccc(C(=O)N[C@@H](Cc2cccc(OCc3ccccc3)c2)C(=O)O)cc1.